The molecule has 0 amide bonds. The minimum absolute atomic E-state index is 0.0837. The van der Waals surface area contributed by atoms with Crippen LogP contribution in [-0.4, -0.2) is 0 Å². The van der Waals surface area contributed by atoms with Crippen LogP contribution in [0.2, 0.25) is 0 Å². The molecule has 0 saturated carbocycles. The molecule has 0 aliphatic rings. The number of aryl methyl sites for hydroxylation is 1. The first-order valence-corrected chi connectivity index (χ1v) is 3.92. The van der Waals surface area contributed by atoms with Crippen LogP contribution in [0.4, 0.5) is 8.28 Å². The second-order valence-electron chi connectivity index (χ2n) is 2.42. The lowest BCUT2D eigenvalue weighted by molar-refractivity contribution is 0.621. The predicted molar refractivity (Wildman–Crippen MR) is 42.8 cm³/mol. The van der Waals surface area contributed by atoms with Gasteiger partial charge in [-0.2, -0.15) is 3.89 Å². The molecular weight excluding hydrogens is 166 g/mol. The van der Waals surface area contributed by atoms with Crippen molar-refractivity contribution in [3.05, 3.63) is 29.1 Å². The molecule has 0 atom stereocenters. The second-order valence-corrected chi connectivity index (χ2v) is 3.02. The summed E-state index contributed by atoms with van der Waals surface area (Å²) in [5, 5.41) is 0. The van der Waals surface area contributed by atoms with Crippen molar-refractivity contribution in [1.82, 2.24) is 0 Å². The van der Waals surface area contributed by atoms with Crippen molar-refractivity contribution in [3.8, 4) is 0 Å². The van der Waals surface area contributed by atoms with Gasteiger partial charge in [-0.3, -0.25) is 0 Å². The van der Waals surface area contributed by atoms with Gasteiger partial charge in [0.1, 0.15) is 5.82 Å². The fourth-order valence-electron chi connectivity index (χ4n) is 0.865. The molecule has 0 aliphatic heterocycles. The average Bonchev–Trinajstić information content (AvgIpc) is 1.96. The fourth-order valence-corrected chi connectivity index (χ4v) is 1.30. The number of hydrogen-bond acceptors (Lipinski definition) is 1. The molecule has 0 aliphatic carbocycles. The highest BCUT2D eigenvalue weighted by Crippen LogP contribution is 2.26. The third kappa shape index (κ3) is 1.71. The van der Waals surface area contributed by atoms with E-state index in [0.717, 1.165) is 11.1 Å². The molecule has 0 fully saturated rings. The minimum atomic E-state index is -0.381. The molecule has 0 unspecified atom stereocenters. The first-order chi connectivity index (χ1) is 5.15. The van der Waals surface area contributed by atoms with Crippen molar-refractivity contribution >= 4 is 12.1 Å². The number of halogens is 2. The van der Waals surface area contributed by atoms with Gasteiger partial charge < -0.3 is 0 Å². The first kappa shape index (κ1) is 8.53. The van der Waals surface area contributed by atoms with Gasteiger partial charge in [0.2, 0.25) is 0 Å². The van der Waals surface area contributed by atoms with E-state index in [0.29, 0.717) is 4.90 Å². The van der Waals surface area contributed by atoms with Crippen molar-refractivity contribution in [1.29, 1.82) is 0 Å². The molecular formula is C8H8F2S. The zero-order valence-electron chi connectivity index (χ0n) is 6.32. The smallest absolute Gasteiger partial charge is 0.124 e. The van der Waals surface area contributed by atoms with Gasteiger partial charge in [0, 0.05) is 4.90 Å². The van der Waals surface area contributed by atoms with Crippen molar-refractivity contribution in [2.75, 3.05) is 0 Å². The molecule has 0 saturated heterocycles. The van der Waals surface area contributed by atoms with Crippen molar-refractivity contribution in [2.24, 2.45) is 0 Å². The summed E-state index contributed by atoms with van der Waals surface area (Å²) >= 11 is 0.0837. The van der Waals surface area contributed by atoms with Gasteiger partial charge in [-0.05, 0) is 37.1 Å². The van der Waals surface area contributed by atoms with E-state index in [-0.39, 0.29) is 18.0 Å². The van der Waals surface area contributed by atoms with Crippen LogP contribution in [0, 0.1) is 19.7 Å². The molecule has 0 aromatic heterocycles. The minimum Gasteiger partial charge on any atom is -0.207 e. The average molecular weight is 174 g/mol. The summed E-state index contributed by atoms with van der Waals surface area (Å²) in [6.07, 6.45) is 0. The van der Waals surface area contributed by atoms with E-state index in [4.69, 9.17) is 0 Å². The van der Waals surface area contributed by atoms with E-state index in [1.165, 1.54) is 12.1 Å². The van der Waals surface area contributed by atoms with Crippen LogP contribution in [0.15, 0.2) is 17.0 Å². The predicted octanol–water partition coefficient (Wildman–Crippen LogP) is 3.42. The maximum Gasteiger partial charge on any atom is 0.124 e. The lowest BCUT2D eigenvalue weighted by Crippen LogP contribution is -1.86. The molecule has 0 nitrogen and oxygen atoms in total. The Labute approximate surface area is 68.9 Å². The summed E-state index contributed by atoms with van der Waals surface area (Å²) in [6, 6.07) is 2.60. The first-order valence-electron chi connectivity index (χ1n) is 3.20. The Morgan fingerprint density at radius 3 is 2.45 bits per heavy atom. The summed E-state index contributed by atoms with van der Waals surface area (Å²) in [7, 11) is 0. The molecule has 3 heteroatoms. The molecule has 1 aromatic rings. The van der Waals surface area contributed by atoms with E-state index in [9.17, 15) is 8.28 Å². The SMILES string of the molecule is Cc1cc(F)cc(SF)c1C. The van der Waals surface area contributed by atoms with E-state index in [1.54, 1.807) is 13.8 Å². The highest BCUT2D eigenvalue weighted by Gasteiger charge is 2.04. The van der Waals surface area contributed by atoms with Crippen LogP contribution >= 0.6 is 12.1 Å². The Bertz CT molecular complexity index is 271. The fraction of sp³-hybridized carbons (Fsp3) is 0.250. The lowest BCUT2D eigenvalue weighted by atomic mass is 10.1. The maximum absolute atomic E-state index is 12.6. The third-order valence-corrected chi connectivity index (χ3v) is 2.26. The highest BCUT2D eigenvalue weighted by molar-refractivity contribution is 7.94. The van der Waals surface area contributed by atoms with E-state index >= 15 is 0 Å². The van der Waals surface area contributed by atoms with Crippen LogP contribution < -0.4 is 0 Å². The monoisotopic (exact) mass is 174 g/mol. The van der Waals surface area contributed by atoms with Crippen molar-refractivity contribution in [2.45, 2.75) is 18.7 Å². The van der Waals surface area contributed by atoms with Crippen LogP contribution in [0.25, 0.3) is 0 Å². The lowest BCUT2D eigenvalue weighted by Gasteiger charge is -2.03. The van der Waals surface area contributed by atoms with Gasteiger partial charge in [-0.25, -0.2) is 4.39 Å². The molecule has 0 bridgehead atoms. The molecule has 60 valence electrons. The molecule has 1 rings (SSSR count). The van der Waals surface area contributed by atoms with E-state index in [2.05, 4.69) is 0 Å². The Balaban J connectivity index is 3.24. The molecule has 0 spiro atoms. The Hall–Kier alpha value is -0.570. The van der Waals surface area contributed by atoms with Gasteiger partial charge >= 0.3 is 0 Å². The topological polar surface area (TPSA) is 0 Å². The molecule has 1 aromatic carbocycles. The van der Waals surface area contributed by atoms with Crippen LogP contribution in [0.3, 0.4) is 0 Å². The van der Waals surface area contributed by atoms with E-state index in [1.807, 2.05) is 0 Å². The van der Waals surface area contributed by atoms with Crippen molar-refractivity contribution < 1.29 is 8.28 Å². The van der Waals surface area contributed by atoms with Crippen molar-refractivity contribution in [3.63, 3.8) is 0 Å². The van der Waals surface area contributed by atoms with Gasteiger partial charge in [0.05, 0.1) is 12.1 Å². The number of rotatable bonds is 1. The summed E-state index contributed by atoms with van der Waals surface area (Å²) in [5.41, 5.74) is 1.59. The zero-order valence-corrected chi connectivity index (χ0v) is 7.14. The zero-order chi connectivity index (χ0) is 8.43. The Morgan fingerprint density at radius 2 is 1.91 bits per heavy atom. The summed E-state index contributed by atoms with van der Waals surface area (Å²) in [4.78, 5) is 0.363. The second kappa shape index (κ2) is 3.22. The number of benzene rings is 1. The summed E-state index contributed by atoms with van der Waals surface area (Å²) < 4.78 is 24.7. The van der Waals surface area contributed by atoms with Crippen LogP contribution in [0.5, 0.6) is 0 Å². The van der Waals surface area contributed by atoms with Crippen LogP contribution in [0.1, 0.15) is 11.1 Å². The molecule has 11 heavy (non-hydrogen) atoms. The van der Waals surface area contributed by atoms with Gasteiger partial charge in [0.15, 0.2) is 0 Å². The normalized spacial score (nSPS) is 10.2. The van der Waals surface area contributed by atoms with Gasteiger partial charge in [-0.1, -0.05) is 0 Å². The molecule has 0 N–H and O–H groups in total. The largest absolute Gasteiger partial charge is 0.207 e. The summed E-state index contributed by atoms with van der Waals surface area (Å²) in [6.45, 7) is 3.54. The molecule has 0 heterocycles. The standard InChI is InChI=1S/C8H8F2S/c1-5-3-7(9)4-8(11-10)6(5)2/h3-4H,1-2H3. The number of hydrogen-bond donors (Lipinski definition) is 0. The highest BCUT2D eigenvalue weighted by atomic mass is 32.2. The molecule has 0 radical (unpaired) electrons. The third-order valence-electron chi connectivity index (χ3n) is 1.67. The summed E-state index contributed by atoms with van der Waals surface area (Å²) in [5.74, 6) is -0.381. The van der Waals surface area contributed by atoms with E-state index < -0.39 is 0 Å². The van der Waals surface area contributed by atoms with Gasteiger partial charge in [0.25, 0.3) is 0 Å². The maximum atomic E-state index is 12.6. The van der Waals surface area contributed by atoms with Gasteiger partial charge in [-0.15, -0.1) is 0 Å². The Kier molecular flexibility index (Phi) is 2.49. The quantitative estimate of drug-likeness (QED) is 0.628. The van der Waals surface area contributed by atoms with Crippen LogP contribution in [-0.2, 0) is 0 Å². The Morgan fingerprint density at radius 1 is 1.27 bits per heavy atom.